The van der Waals surface area contributed by atoms with E-state index in [1.807, 2.05) is 19.0 Å². The van der Waals surface area contributed by atoms with Gasteiger partial charge >= 0.3 is 0 Å². The predicted molar refractivity (Wildman–Crippen MR) is 78.9 cm³/mol. The highest BCUT2D eigenvalue weighted by Gasteiger charge is 2.27. The number of likely N-dealkylation sites (N-methyl/N-ethyl adjacent to an activating group) is 1. The van der Waals surface area contributed by atoms with Gasteiger partial charge < -0.3 is 14.8 Å². The first-order valence-corrected chi connectivity index (χ1v) is 7.23. The van der Waals surface area contributed by atoms with E-state index in [2.05, 4.69) is 9.88 Å². The Balaban J connectivity index is 2.16. The molecule has 2 rings (SSSR count). The molecule has 1 aromatic rings. The van der Waals surface area contributed by atoms with Crippen molar-refractivity contribution >= 4 is 5.91 Å². The van der Waals surface area contributed by atoms with E-state index in [-0.39, 0.29) is 11.5 Å². The number of amides is 1. The van der Waals surface area contributed by atoms with Gasteiger partial charge in [0.25, 0.3) is 5.91 Å². The molecule has 1 saturated carbocycles. The molecule has 1 heterocycles. The molecule has 5 nitrogen and oxygen atoms in total. The molecule has 0 atom stereocenters. The maximum Gasteiger partial charge on any atom is 0.270 e. The van der Waals surface area contributed by atoms with Gasteiger partial charge in [-0.2, -0.15) is 0 Å². The summed E-state index contributed by atoms with van der Waals surface area (Å²) in [7, 11) is 4.00. The van der Waals surface area contributed by atoms with Crippen molar-refractivity contribution in [1.82, 2.24) is 14.8 Å². The lowest BCUT2D eigenvalue weighted by molar-refractivity contribution is 0.0661. The molecular formula is C15H23N3O2. The van der Waals surface area contributed by atoms with E-state index in [4.69, 9.17) is 0 Å². The summed E-state index contributed by atoms with van der Waals surface area (Å²) >= 11 is 0. The first kappa shape index (κ1) is 14.8. The maximum absolute atomic E-state index is 12.6. The highest BCUT2D eigenvalue weighted by atomic mass is 16.2. The molecule has 1 amide bonds. The van der Waals surface area contributed by atoms with Crippen molar-refractivity contribution in [3.05, 3.63) is 34.2 Å². The molecule has 0 aliphatic heterocycles. The lowest BCUT2D eigenvalue weighted by Crippen LogP contribution is -2.43. The molecule has 1 fully saturated rings. The minimum atomic E-state index is -0.227. The van der Waals surface area contributed by atoms with E-state index in [0.717, 1.165) is 19.4 Å². The van der Waals surface area contributed by atoms with E-state index in [1.165, 1.54) is 18.9 Å². The van der Waals surface area contributed by atoms with Crippen molar-refractivity contribution in [2.45, 2.75) is 31.7 Å². The lowest BCUT2D eigenvalue weighted by Gasteiger charge is -2.30. The monoisotopic (exact) mass is 277 g/mol. The van der Waals surface area contributed by atoms with Crippen molar-refractivity contribution in [2.24, 2.45) is 0 Å². The van der Waals surface area contributed by atoms with Crippen LogP contribution in [0.4, 0.5) is 0 Å². The number of carbonyl (C=O) groups excluding carboxylic acids is 1. The fourth-order valence-electron chi connectivity index (χ4n) is 2.70. The van der Waals surface area contributed by atoms with E-state index >= 15 is 0 Å². The number of pyridine rings is 1. The number of carbonyl (C=O) groups is 1. The van der Waals surface area contributed by atoms with Gasteiger partial charge in [-0.05, 0) is 33.0 Å². The summed E-state index contributed by atoms with van der Waals surface area (Å²) in [6.07, 6.45) is 4.50. The summed E-state index contributed by atoms with van der Waals surface area (Å²) in [6.45, 7) is 1.53. The number of nitrogens with one attached hydrogen (secondary N) is 1. The zero-order chi connectivity index (χ0) is 14.5. The Morgan fingerprint density at radius 3 is 2.55 bits per heavy atom. The topological polar surface area (TPSA) is 56.4 Å². The Kier molecular flexibility index (Phi) is 4.95. The zero-order valence-corrected chi connectivity index (χ0v) is 12.3. The van der Waals surface area contributed by atoms with Crippen LogP contribution in [0.2, 0.25) is 0 Å². The van der Waals surface area contributed by atoms with Gasteiger partial charge in [-0.3, -0.25) is 9.59 Å². The minimum absolute atomic E-state index is 0.0588. The Bertz CT molecular complexity index is 504. The van der Waals surface area contributed by atoms with Crippen LogP contribution in [0.5, 0.6) is 0 Å². The predicted octanol–water partition coefficient (Wildman–Crippen LogP) is 1.32. The van der Waals surface area contributed by atoms with Crippen molar-refractivity contribution in [2.75, 3.05) is 27.2 Å². The van der Waals surface area contributed by atoms with E-state index in [1.54, 1.807) is 12.1 Å². The van der Waals surface area contributed by atoms with Crippen LogP contribution >= 0.6 is 0 Å². The summed E-state index contributed by atoms with van der Waals surface area (Å²) in [6, 6.07) is 5.05. The van der Waals surface area contributed by atoms with Gasteiger partial charge in [-0.25, -0.2) is 0 Å². The van der Waals surface area contributed by atoms with Crippen LogP contribution in [0, 0.1) is 0 Å². The van der Waals surface area contributed by atoms with Crippen LogP contribution in [0.25, 0.3) is 0 Å². The Morgan fingerprint density at radius 2 is 1.95 bits per heavy atom. The third-order valence-electron chi connectivity index (χ3n) is 3.81. The molecule has 0 saturated heterocycles. The Labute approximate surface area is 119 Å². The van der Waals surface area contributed by atoms with Gasteiger partial charge in [-0.1, -0.05) is 18.9 Å². The molecule has 0 radical (unpaired) electrons. The third kappa shape index (κ3) is 3.70. The number of hydrogen-bond donors (Lipinski definition) is 1. The van der Waals surface area contributed by atoms with Crippen molar-refractivity contribution < 1.29 is 4.79 Å². The number of hydrogen-bond acceptors (Lipinski definition) is 3. The van der Waals surface area contributed by atoms with Crippen molar-refractivity contribution in [3.8, 4) is 0 Å². The van der Waals surface area contributed by atoms with Crippen LogP contribution in [-0.2, 0) is 0 Å². The standard InChI is InChI=1S/C15H23N3O2/c1-17(2)10-11-18(12-6-3-4-7-12)15(20)13-8-5-9-14(19)16-13/h5,8-9,12H,3-4,6-7,10-11H2,1-2H3,(H,16,19). The van der Waals surface area contributed by atoms with Crippen LogP contribution in [-0.4, -0.2) is 53.9 Å². The van der Waals surface area contributed by atoms with Gasteiger partial charge in [-0.15, -0.1) is 0 Å². The molecule has 110 valence electrons. The summed E-state index contributed by atoms with van der Waals surface area (Å²) in [5, 5.41) is 0. The van der Waals surface area contributed by atoms with Crippen molar-refractivity contribution in [3.63, 3.8) is 0 Å². The summed E-state index contributed by atoms with van der Waals surface area (Å²) in [4.78, 5) is 30.6. The molecule has 5 heteroatoms. The first-order chi connectivity index (χ1) is 9.58. The van der Waals surface area contributed by atoms with Gasteiger partial charge in [0.05, 0.1) is 0 Å². The SMILES string of the molecule is CN(C)CCN(C(=O)c1cccc(=O)[nH]1)C1CCCC1. The highest BCUT2D eigenvalue weighted by Crippen LogP contribution is 2.24. The molecule has 1 N–H and O–H groups in total. The van der Waals surface area contributed by atoms with E-state index < -0.39 is 0 Å². The second-order valence-corrected chi connectivity index (χ2v) is 5.67. The normalized spacial score (nSPS) is 15.8. The highest BCUT2D eigenvalue weighted by molar-refractivity contribution is 5.92. The number of aromatic nitrogens is 1. The number of rotatable bonds is 5. The maximum atomic E-state index is 12.6. The molecule has 1 aliphatic carbocycles. The average Bonchev–Trinajstić information content (AvgIpc) is 2.92. The molecule has 1 aliphatic rings. The second kappa shape index (κ2) is 6.70. The molecule has 0 unspecified atom stereocenters. The van der Waals surface area contributed by atoms with Gasteiger partial charge in [0.2, 0.25) is 5.56 Å². The van der Waals surface area contributed by atoms with Crippen LogP contribution in [0.15, 0.2) is 23.0 Å². The van der Waals surface area contributed by atoms with Crippen molar-refractivity contribution in [1.29, 1.82) is 0 Å². The summed E-state index contributed by atoms with van der Waals surface area (Å²) in [5.41, 5.74) is 0.165. The Hall–Kier alpha value is -1.62. The molecule has 0 spiro atoms. The fourth-order valence-corrected chi connectivity index (χ4v) is 2.70. The third-order valence-corrected chi connectivity index (χ3v) is 3.81. The molecule has 0 bridgehead atoms. The van der Waals surface area contributed by atoms with Crippen LogP contribution in [0.3, 0.4) is 0 Å². The van der Waals surface area contributed by atoms with Crippen LogP contribution < -0.4 is 5.56 Å². The largest absolute Gasteiger partial charge is 0.333 e. The molecule has 0 aromatic carbocycles. The zero-order valence-electron chi connectivity index (χ0n) is 12.3. The van der Waals surface area contributed by atoms with Gasteiger partial charge in [0, 0.05) is 25.2 Å². The molecular weight excluding hydrogens is 254 g/mol. The van der Waals surface area contributed by atoms with Crippen LogP contribution in [0.1, 0.15) is 36.2 Å². The smallest absolute Gasteiger partial charge is 0.270 e. The lowest BCUT2D eigenvalue weighted by atomic mass is 10.2. The second-order valence-electron chi connectivity index (χ2n) is 5.67. The number of H-pyrrole nitrogens is 1. The number of aromatic amines is 1. The van der Waals surface area contributed by atoms with E-state index in [9.17, 15) is 9.59 Å². The average molecular weight is 277 g/mol. The Morgan fingerprint density at radius 1 is 1.25 bits per heavy atom. The van der Waals surface area contributed by atoms with Gasteiger partial charge in [0.15, 0.2) is 0 Å². The first-order valence-electron chi connectivity index (χ1n) is 7.23. The number of nitrogens with zero attached hydrogens (tertiary/aromatic N) is 2. The van der Waals surface area contributed by atoms with E-state index in [0.29, 0.717) is 18.3 Å². The van der Waals surface area contributed by atoms with Gasteiger partial charge in [0.1, 0.15) is 5.69 Å². The summed E-state index contributed by atoms with van der Waals surface area (Å²) < 4.78 is 0. The molecule has 20 heavy (non-hydrogen) atoms. The summed E-state index contributed by atoms with van der Waals surface area (Å²) in [5.74, 6) is -0.0588. The fraction of sp³-hybridized carbons (Fsp3) is 0.600. The minimum Gasteiger partial charge on any atom is -0.333 e. The quantitative estimate of drug-likeness (QED) is 0.883. The molecule has 1 aromatic heterocycles.